The summed E-state index contributed by atoms with van der Waals surface area (Å²) in [4.78, 5) is 4.07. The molecule has 0 atom stereocenters. The maximum atomic E-state index is 5.46. The monoisotopic (exact) mass is 164 g/mol. The highest BCUT2D eigenvalue weighted by Gasteiger charge is 2.16. The van der Waals surface area contributed by atoms with Crippen LogP contribution in [-0.2, 0) is 0 Å². The minimum atomic E-state index is 0.673. The topological polar surface area (TPSA) is 34.1 Å². The second kappa shape index (κ2) is 3.54. The van der Waals surface area contributed by atoms with Crippen LogP contribution in [0.25, 0.3) is 0 Å². The molecule has 12 heavy (non-hydrogen) atoms. The fraction of sp³-hybridized carbons (Fsp3) is 0.444. The summed E-state index contributed by atoms with van der Waals surface area (Å²) >= 11 is 0. The first-order chi connectivity index (χ1) is 5.95. The summed E-state index contributed by atoms with van der Waals surface area (Å²) in [5.74, 6) is 1.40. The standard InChI is InChI=1S/C9H12N2O/c1-2-4-11-9(3-1)12-7-8-5-10-6-8/h1-4,8,10H,5-7H2. The molecule has 64 valence electrons. The number of pyridine rings is 1. The lowest BCUT2D eigenvalue weighted by atomic mass is 10.1. The molecule has 1 aliphatic rings. The molecule has 1 aliphatic heterocycles. The van der Waals surface area contributed by atoms with Gasteiger partial charge in [-0.3, -0.25) is 0 Å². The van der Waals surface area contributed by atoms with Gasteiger partial charge in [0, 0.05) is 31.3 Å². The minimum absolute atomic E-state index is 0.673. The molecule has 0 unspecified atom stereocenters. The zero-order chi connectivity index (χ0) is 8.23. The Kier molecular flexibility index (Phi) is 2.23. The van der Waals surface area contributed by atoms with Crippen LogP contribution in [0, 0.1) is 5.92 Å². The van der Waals surface area contributed by atoms with Crippen molar-refractivity contribution in [2.45, 2.75) is 0 Å². The number of rotatable bonds is 3. The van der Waals surface area contributed by atoms with Crippen LogP contribution in [-0.4, -0.2) is 24.7 Å². The molecule has 0 saturated carbocycles. The van der Waals surface area contributed by atoms with E-state index >= 15 is 0 Å². The van der Waals surface area contributed by atoms with Crippen molar-refractivity contribution >= 4 is 0 Å². The van der Waals surface area contributed by atoms with Gasteiger partial charge in [-0.1, -0.05) is 6.07 Å². The molecular formula is C9H12N2O. The maximum Gasteiger partial charge on any atom is 0.213 e. The molecule has 0 bridgehead atoms. The van der Waals surface area contributed by atoms with Gasteiger partial charge in [-0.2, -0.15) is 0 Å². The fourth-order valence-corrected chi connectivity index (χ4v) is 1.10. The van der Waals surface area contributed by atoms with Crippen molar-refractivity contribution in [3.8, 4) is 5.88 Å². The van der Waals surface area contributed by atoms with Crippen molar-refractivity contribution in [1.29, 1.82) is 0 Å². The van der Waals surface area contributed by atoms with Crippen LogP contribution in [0.1, 0.15) is 0 Å². The van der Waals surface area contributed by atoms with Crippen molar-refractivity contribution in [3.63, 3.8) is 0 Å². The number of hydrogen-bond acceptors (Lipinski definition) is 3. The Bertz CT molecular complexity index is 234. The van der Waals surface area contributed by atoms with E-state index in [2.05, 4.69) is 10.3 Å². The van der Waals surface area contributed by atoms with Crippen LogP contribution in [0.2, 0.25) is 0 Å². The fourth-order valence-electron chi connectivity index (χ4n) is 1.10. The lowest BCUT2D eigenvalue weighted by Gasteiger charge is -2.26. The van der Waals surface area contributed by atoms with Crippen molar-refractivity contribution < 1.29 is 4.74 Å². The first-order valence-corrected chi connectivity index (χ1v) is 4.20. The quantitative estimate of drug-likeness (QED) is 0.713. The summed E-state index contributed by atoms with van der Waals surface area (Å²) in [5, 5.41) is 3.20. The van der Waals surface area contributed by atoms with E-state index in [4.69, 9.17) is 4.74 Å². The number of nitrogens with zero attached hydrogens (tertiary/aromatic N) is 1. The molecule has 1 fully saturated rings. The van der Waals surface area contributed by atoms with Gasteiger partial charge in [-0.15, -0.1) is 0 Å². The average molecular weight is 164 g/mol. The van der Waals surface area contributed by atoms with Crippen LogP contribution >= 0.6 is 0 Å². The van der Waals surface area contributed by atoms with Crippen molar-refractivity contribution in [2.24, 2.45) is 5.92 Å². The Hall–Kier alpha value is -1.09. The Morgan fingerprint density at radius 3 is 3.00 bits per heavy atom. The predicted octanol–water partition coefficient (Wildman–Crippen LogP) is 0.680. The van der Waals surface area contributed by atoms with Gasteiger partial charge >= 0.3 is 0 Å². The third-order valence-electron chi connectivity index (χ3n) is 1.97. The second-order valence-electron chi connectivity index (χ2n) is 3.00. The molecule has 0 spiro atoms. The SMILES string of the molecule is c1ccc(OCC2CNC2)nc1. The summed E-state index contributed by atoms with van der Waals surface area (Å²) in [6, 6.07) is 5.70. The summed E-state index contributed by atoms with van der Waals surface area (Å²) in [6.07, 6.45) is 1.74. The lowest BCUT2D eigenvalue weighted by molar-refractivity contribution is 0.193. The molecule has 3 heteroatoms. The van der Waals surface area contributed by atoms with E-state index in [1.165, 1.54) is 0 Å². The highest BCUT2D eigenvalue weighted by atomic mass is 16.5. The van der Waals surface area contributed by atoms with Gasteiger partial charge in [-0.25, -0.2) is 4.98 Å². The maximum absolute atomic E-state index is 5.46. The van der Waals surface area contributed by atoms with Crippen molar-refractivity contribution in [3.05, 3.63) is 24.4 Å². The van der Waals surface area contributed by atoms with Crippen LogP contribution in [0.3, 0.4) is 0 Å². The first kappa shape index (κ1) is 7.55. The number of nitrogens with one attached hydrogen (secondary N) is 1. The highest BCUT2D eigenvalue weighted by Crippen LogP contribution is 2.08. The molecule has 2 heterocycles. The highest BCUT2D eigenvalue weighted by molar-refractivity contribution is 5.09. The molecule has 2 rings (SSSR count). The Morgan fingerprint density at radius 2 is 2.42 bits per heavy atom. The zero-order valence-electron chi connectivity index (χ0n) is 6.86. The van der Waals surface area contributed by atoms with E-state index < -0.39 is 0 Å². The van der Waals surface area contributed by atoms with Crippen molar-refractivity contribution in [1.82, 2.24) is 10.3 Å². The summed E-state index contributed by atoms with van der Waals surface area (Å²) < 4.78 is 5.46. The Balaban J connectivity index is 1.79. The molecule has 3 nitrogen and oxygen atoms in total. The van der Waals surface area contributed by atoms with E-state index in [1.54, 1.807) is 6.20 Å². The van der Waals surface area contributed by atoms with E-state index in [0.717, 1.165) is 25.6 Å². The van der Waals surface area contributed by atoms with Crippen LogP contribution in [0.15, 0.2) is 24.4 Å². The lowest BCUT2D eigenvalue weighted by Crippen LogP contribution is -2.45. The van der Waals surface area contributed by atoms with Gasteiger partial charge in [0.05, 0.1) is 6.61 Å². The number of hydrogen-bond donors (Lipinski definition) is 1. The predicted molar refractivity (Wildman–Crippen MR) is 46.1 cm³/mol. The number of ether oxygens (including phenoxy) is 1. The smallest absolute Gasteiger partial charge is 0.213 e. The van der Waals surface area contributed by atoms with Gasteiger partial charge in [-0.05, 0) is 6.07 Å². The van der Waals surface area contributed by atoms with E-state index in [9.17, 15) is 0 Å². The van der Waals surface area contributed by atoms with Gasteiger partial charge in [0.25, 0.3) is 0 Å². The third kappa shape index (κ3) is 1.74. The summed E-state index contributed by atoms with van der Waals surface area (Å²) in [5.41, 5.74) is 0. The largest absolute Gasteiger partial charge is 0.477 e. The zero-order valence-corrected chi connectivity index (χ0v) is 6.86. The van der Waals surface area contributed by atoms with E-state index in [-0.39, 0.29) is 0 Å². The van der Waals surface area contributed by atoms with Crippen LogP contribution in [0.4, 0.5) is 0 Å². The van der Waals surface area contributed by atoms with Gasteiger partial charge in [0.15, 0.2) is 0 Å². The molecular weight excluding hydrogens is 152 g/mol. The van der Waals surface area contributed by atoms with Gasteiger partial charge in [0.2, 0.25) is 5.88 Å². The molecule has 1 saturated heterocycles. The number of aromatic nitrogens is 1. The molecule has 0 aromatic carbocycles. The molecule has 1 aromatic rings. The Labute approximate surface area is 71.8 Å². The first-order valence-electron chi connectivity index (χ1n) is 4.20. The average Bonchev–Trinajstić information content (AvgIpc) is 2.04. The molecule has 0 amide bonds. The minimum Gasteiger partial charge on any atom is -0.477 e. The molecule has 1 N–H and O–H groups in total. The molecule has 1 aromatic heterocycles. The molecule has 0 radical (unpaired) electrons. The van der Waals surface area contributed by atoms with Gasteiger partial charge < -0.3 is 10.1 Å². The normalized spacial score (nSPS) is 17.0. The summed E-state index contributed by atoms with van der Waals surface area (Å²) in [6.45, 7) is 2.93. The van der Waals surface area contributed by atoms with Crippen LogP contribution in [0.5, 0.6) is 5.88 Å². The molecule has 0 aliphatic carbocycles. The Morgan fingerprint density at radius 1 is 1.50 bits per heavy atom. The third-order valence-corrected chi connectivity index (χ3v) is 1.97. The van der Waals surface area contributed by atoms with E-state index in [1.807, 2.05) is 18.2 Å². The van der Waals surface area contributed by atoms with Gasteiger partial charge in [0.1, 0.15) is 0 Å². The second-order valence-corrected chi connectivity index (χ2v) is 3.00. The van der Waals surface area contributed by atoms with Crippen LogP contribution < -0.4 is 10.1 Å². The summed E-state index contributed by atoms with van der Waals surface area (Å²) in [7, 11) is 0. The van der Waals surface area contributed by atoms with Crippen molar-refractivity contribution in [2.75, 3.05) is 19.7 Å². The van der Waals surface area contributed by atoms with E-state index in [0.29, 0.717) is 5.92 Å².